The van der Waals surface area contributed by atoms with Crippen molar-refractivity contribution in [3.63, 3.8) is 0 Å². The van der Waals surface area contributed by atoms with Gasteiger partial charge in [-0.25, -0.2) is 9.18 Å². The Morgan fingerprint density at radius 2 is 2.00 bits per heavy atom. The molecule has 0 saturated heterocycles. The summed E-state index contributed by atoms with van der Waals surface area (Å²) in [5, 5.41) is 12.6. The molecule has 0 spiro atoms. The van der Waals surface area contributed by atoms with Crippen molar-refractivity contribution in [2.24, 2.45) is 5.92 Å². The second kappa shape index (κ2) is 9.19. The van der Waals surface area contributed by atoms with Gasteiger partial charge >= 0.3 is 12.0 Å². The number of hydrogen-bond donors (Lipinski definition) is 2. The maximum absolute atomic E-state index is 14.8. The molecular formula is C24H32ClFN2O3. The number of hydrogen-bond acceptors (Lipinski definition) is 2. The number of carboxylic acids is 1. The zero-order chi connectivity index (χ0) is 22.8. The Kier molecular flexibility index (Phi) is 6.99. The SMILES string of the molecule is CC(C)C1=CN(CCC(=O)O)C(=O)N[C@@]1(C)c1ccc(CCC2(F)CCCC2)c(Cl)c1. The molecule has 1 saturated carbocycles. The van der Waals surface area contributed by atoms with Crippen molar-refractivity contribution in [2.45, 2.75) is 76.9 Å². The molecule has 2 amide bonds. The van der Waals surface area contributed by atoms with Crippen LogP contribution in [0.25, 0.3) is 0 Å². The summed E-state index contributed by atoms with van der Waals surface area (Å²) in [5.41, 5.74) is 0.898. The van der Waals surface area contributed by atoms with Crippen molar-refractivity contribution in [1.29, 1.82) is 0 Å². The number of carbonyl (C=O) groups excluding carboxylic acids is 1. The first-order valence-electron chi connectivity index (χ1n) is 11.0. The highest BCUT2D eigenvalue weighted by Crippen LogP contribution is 2.40. The Labute approximate surface area is 188 Å². The number of nitrogens with zero attached hydrogens (tertiary/aromatic N) is 1. The van der Waals surface area contributed by atoms with Gasteiger partial charge in [0.2, 0.25) is 0 Å². The van der Waals surface area contributed by atoms with Gasteiger partial charge in [0.25, 0.3) is 0 Å². The number of urea groups is 1. The summed E-state index contributed by atoms with van der Waals surface area (Å²) in [6.45, 7) is 6.12. The number of carboxylic acid groups (broad SMARTS) is 1. The third kappa shape index (κ3) is 5.22. The van der Waals surface area contributed by atoms with Gasteiger partial charge in [0.1, 0.15) is 5.67 Å². The van der Waals surface area contributed by atoms with E-state index in [2.05, 4.69) is 5.32 Å². The standard InChI is InChI=1S/C24H32ClFN2O3/c1-16(2)19-15-28(13-9-21(29)30)22(31)27-23(19,3)18-7-6-17(20(25)14-18)8-12-24(26)10-4-5-11-24/h6-7,14-16H,4-5,8-13H2,1-3H3,(H,27,31)(H,29,30)/t23-/m0/s1. The molecule has 1 aromatic rings. The molecule has 7 heteroatoms. The summed E-state index contributed by atoms with van der Waals surface area (Å²) in [6.07, 6.45) is 5.89. The largest absolute Gasteiger partial charge is 0.481 e. The molecule has 0 aromatic heterocycles. The minimum Gasteiger partial charge on any atom is -0.481 e. The number of amides is 2. The van der Waals surface area contributed by atoms with E-state index in [1.807, 2.05) is 39.0 Å². The lowest BCUT2D eigenvalue weighted by Crippen LogP contribution is -2.55. The Morgan fingerprint density at radius 1 is 1.32 bits per heavy atom. The van der Waals surface area contributed by atoms with Crippen molar-refractivity contribution in [1.82, 2.24) is 10.2 Å². The van der Waals surface area contributed by atoms with Crippen molar-refractivity contribution in [2.75, 3.05) is 6.54 Å². The van der Waals surface area contributed by atoms with Gasteiger partial charge in [-0.05, 0) is 61.3 Å². The number of aliphatic carboxylic acids is 1. The number of nitrogens with one attached hydrogen (secondary N) is 1. The van der Waals surface area contributed by atoms with Crippen molar-refractivity contribution in [3.8, 4) is 0 Å². The summed E-state index contributed by atoms with van der Waals surface area (Å²) < 4.78 is 14.8. The second-order valence-electron chi connectivity index (χ2n) is 9.30. The molecule has 0 radical (unpaired) electrons. The third-order valence-electron chi connectivity index (χ3n) is 6.65. The average Bonchev–Trinajstić information content (AvgIpc) is 3.12. The number of benzene rings is 1. The molecule has 1 aliphatic carbocycles. The van der Waals surface area contributed by atoms with Crippen LogP contribution in [0.1, 0.15) is 70.4 Å². The average molecular weight is 451 g/mol. The molecule has 1 aliphatic heterocycles. The normalized spacial score (nSPS) is 23.1. The predicted molar refractivity (Wildman–Crippen MR) is 120 cm³/mol. The van der Waals surface area contributed by atoms with Crippen LogP contribution in [0.15, 0.2) is 30.0 Å². The molecule has 31 heavy (non-hydrogen) atoms. The Hall–Kier alpha value is -2.08. The molecule has 1 atom stereocenters. The Bertz CT molecular complexity index is 880. The fourth-order valence-corrected chi connectivity index (χ4v) is 5.01. The van der Waals surface area contributed by atoms with E-state index in [1.54, 1.807) is 6.20 Å². The molecular weight excluding hydrogens is 419 g/mol. The van der Waals surface area contributed by atoms with E-state index in [-0.39, 0.29) is 24.9 Å². The topological polar surface area (TPSA) is 69.6 Å². The van der Waals surface area contributed by atoms with Gasteiger partial charge in [-0.2, -0.15) is 0 Å². The maximum atomic E-state index is 14.8. The highest BCUT2D eigenvalue weighted by atomic mass is 35.5. The molecule has 1 aromatic carbocycles. The summed E-state index contributed by atoms with van der Waals surface area (Å²) in [5.74, 6) is -0.833. The van der Waals surface area contributed by atoms with Gasteiger partial charge < -0.3 is 15.3 Å². The first kappa shape index (κ1) is 23.6. The van der Waals surface area contributed by atoms with Crippen LogP contribution in [0.5, 0.6) is 0 Å². The van der Waals surface area contributed by atoms with Gasteiger partial charge in [0.15, 0.2) is 0 Å². The van der Waals surface area contributed by atoms with Crippen LogP contribution in [0, 0.1) is 5.92 Å². The van der Waals surface area contributed by atoms with Gasteiger partial charge in [0.05, 0.1) is 12.0 Å². The lowest BCUT2D eigenvalue weighted by atomic mass is 9.78. The van der Waals surface area contributed by atoms with Crippen LogP contribution in [0.2, 0.25) is 5.02 Å². The number of alkyl halides is 1. The van der Waals surface area contributed by atoms with E-state index >= 15 is 0 Å². The van der Waals surface area contributed by atoms with E-state index in [4.69, 9.17) is 16.7 Å². The lowest BCUT2D eigenvalue weighted by molar-refractivity contribution is -0.137. The summed E-state index contributed by atoms with van der Waals surface area (Å²) in [4.78, 5) is 25.0. The van der Waals surface area contributed by atoms with E-state index in [0.29, 0.717) is 30.7 Å². The van der Waals surface area contributed by atoms with E-state index < -0.39 is 17.2 Å². The summed E-state index contributed by atoms with van der Waals surface area (Å²) >= 11 is 6.59. The van der Waals surface area contributed by atoms with E-state index in [9.17, 15) is 14.0 Å². The molecule has 3 rings (SSSR count). The van der Waals surface area contributed by atoms with Crippen LogP contribution >= 0.6 is 11.6 Å². The predicted octanol–water partition coefficient (Wildman–Crippen LogP) is 5.81. The highest BCUT2D eigenvalue weighted by molar-refractivity contribution is 6.31. The minimum absolute atomic E-state index is 0.109. The third-order valence-corrected chi connectivity index (χ3v) is 7.00. The summed E-state index contributed by atoms with van der Waals surface area (Å²) in [6, 6.07) is 5.40. The zero-order valence-electron chi connectivity index (χ0n) is 18.5. The molecule has 2 aliphatic rings. The number of aryl methyl sites for hydroxylation is 1. The molecule has 170 valence electrons. The van der Waals surface area contributed by atoms with E-state index in [0.717, 1.165) is 29.5 Å². The monoisotopic (exact) mass is 450 g/mol. The number of rotatable bonds is 8. The van der Waals surface area contributed by atoms with Crippen LogP contribution in [0.3, 0.4) is 0 Å². The molecule has 2 N–H and O–H groups in total. The van der Waals surface area contributed by atoms with E-state index in [1.165, 1.54) is 4.90 Å². The molecule has 5 nitrogen and oxygen atoms in total. The minimum atomic E-state index is -1.07. The van der Waals surface area contributed by atoms with Crippen LogP contribution in [-0.2, 0) is 16.8 Å². The van der Waals surface area contributed by atoms with Crippen LogP contribution < -0.4 is 5.32 Å². The van der Waals surface area contributed by atoms with Gasteiger partial charge in [-0.3, -0.25) is 4.79 Å². The second-order valence-corrected chi connectivity index (χ2v) is 9.70. The lowest BCUT2D eigenvalue weighted by Gasteiger charge is -2.42. The van der Waals surface area contributed by atoms with Gasteiger partial charge in [0, 0.05) is 17.8 Å². The van der Waals surface area contributed by atoms with Crippen LogP contribution in [0.4, 0.5) is 9.18 Å². The zero-order valence-corrected chi connectivity index (χ0v) is 19.3. The fourth-order valence-electron chi connectivity index (χ4n) is 4.74. The van der Waals surface area contributed by atoms with Gasteiger partial charge in [-0.15, -0.1) is 0 Å². The first-order valence-corrected chi connectivity index (χ1v) is 11.4. The highest BCUT2D eigenvalue weighted by Gasteiger charge is 2.40. The number of carbonyl (C=O) groups is 2. The van der Waals surface area contributed by atoms with Crippen LogP contribution in [-0.4, -0.2) is 34.2 Å². The Balaban J connectivity index is 1.84. The number of halogens is 2. The smallest absolute Gasteiger partial charge is 0.322 e. The molecule has 0 unspecified atom stereocenters. The fraction of sp³-hybridized carbons (Fsp3) is 0.583. The van der Waals surface area contributed by atoms with Crippen molar-refractivity contribution in [3.05, 3.63) is 46.1 Å². The van der Waals surface area contributed by atoms with Gasteiger partial charge in [-0.1, -0.05) is 50.4 Å². The van der Waals surface area contributed by atoms with Crippen molar-refractivity contribution >= 4 is 23.6 Å². The van der Waals surface area contributed by atoms with Crippen molar-refractivity contribution < 1.29 is 19.1 Å². The molecule has 1 fully saturated rings. The molecule has 0 bridgehead atoms. The summed E-state index contributed by atoms with van der Waals surface area (Å²) in [7, 11) is 0. The molecule has 1 heterocycles. The first-order chi connectivity index (χ1) is 14.5. The maximum Gasteiger partial charge on any atom is 0.322 e. The quantitative estimate of drug-likeness (QED) is 0.525. The Morgan fingerprint density at radius 3 is 2.58 bits per heavy atom.